The van der Waals surface area contributed by atoms with Crippen molar-refractivity contribution in [1.82, 2.24) is 0 Å². The van der Waals surface area contributed by atoms with Crippen LogP contribution in [0.25, 0.3) is 0 Å². The van der Waals surface area contributed by atoms with E-state index in [1.54, 1.807) is 0 Å². The maximum Gasteiger partial charge on any atom is 2.00 e. The first-order valence-electron chi connectivity index (χ1n) is 4.48. The Hall–Kier alpha value is 0.113. The summed E-state index contributed by atoms with van der Waals surface area (Å²) in [7, 11) is 0. The Kier molecular flexibility index (Phi) is 9.52. The van der Waals surface area contributed by atoms with Crippen LogP contribution in [0.15, 0.2) is 24.3 Å². The van der Waals surface area contributed by atoms with Gasteiger partial charge in [-0.3, -0.25) is 0 Å². The van der Waals surface area contributed by atoms with Gasteiger partial charge in [-0.05, 0) is 12.1 Å². The second-order valence-electron chi connectivity index (χ2n) is 3.14. The number of alkyl halides is 3. The van der Waals surface area contributed by atoms with E-state index in [1.165, 1.54) is 12.1 Å². The predicted molar refractivity (Wildman–Crippen MR) is 49.7 cm³/mol. The second kappa shape index (κ2) is 8.24. The quantitative estimate of drug-likeness (QED) is 0.563. The van der Waals surface area contributed by atoms with Gasteiger partial charge in [-0.15, -0.1) is 0 Å². The first kappa shape index (κ1) is 18.5. The van der Waals surface area contributed by atoms with Gasteiger partial charge in [0.05, 0.1) is 5.56 Å². The summed E-state index contributed by atoms with van der Waals surface area (Å²) in [5.74, 6) is 0. The van der Waals surface area contributed by atoms with Gasteiger partial charge in [0.15, 0.2) is 0 Å². The Labute approximate surface area is 117 Å². The zero-order valence-electron chi connectivity index (χ0n) is 9.02. The summed E-state index contributed by atoms with van der Waals surface area (Å²) in [4.78, 5) is 0. The third-order valence-electron chi connectivity index (χ3n) is 2.00. The summed E-state index contributed by atoms with van der Waals surface area (Å²) in [6.07, 6.45) is -0.535. The third-order valence-corrected chi connectivity index (χ3v) is 2.00. The van der Waals surface area contributed by atoms with Crippen molar-refractivity contribution in [2.45, 2.75) is 25.9 Å². The van der Waals surface area contributed by atoms with Crippen LogP contribution in [-0.4, -0.2) is 0 Å². The summed E-state index contributed by atoms with van der Waals surface area (Å²) in [6.45, 7) is 1.93. The molecule has 16 heavy (non-hydrogen) atoms. The van der Waals surface area contributed by atoms with Gasteiger partial charge < -0.3 is 23.4 Å². The van der Waals surface area contributed by atoms with Crippen molar-refractivity contribution >= 4 is 0 Å². The van der Waals surface area contributed by atoms with E-state index in [-0.39, 0.29) is 36.5 Å². The van der Waals surface area contributed by atoms with Crippen molar-refractivity contribution in [3.63, 3.8) is 0 Å². The number of halogens is 4. The van der Waals surface area contributed by atoms with Gasteiger partial charge in [-0.25, -0.2) is 0 Å². The maximum absolute atomic E-state index is 12.2. The molecular weight excluding hydrogens is 334 g/mol. The predicted octanol–water partition coefficient (Wildman–Crippen LogP) is 0.864. The minimum atomic E-state index is -4.23. The van der Waals surface area contributed by atoms with E-state index in [4.69, 9.17) is 0 Å². The summed E-state index contributed by atoms with van der Waals surface area (Å²) in [6, 6.07) is 5.33. The Morgan fingerprint density at radius 1 is 1.12 bits per heavy atom. The fourth-order valence-electron chi connectivity index (χ4n) is 1.17. The van der Waals surface area contributed by atoms with Crippen molar-refractivity contribution in [3.05, 3.63) is 41.8 Å². The van der Waals surface area contributed by atoms with E-state index >= 15 is 0 Å². The Morgan fingerprint density at radius 2 is 1.62 bits per heavy atom. The van der Waals surface area contributed by atoms with Crippen molar-refractivity contribution in [3.8, 4) is 0 Å². The largest absolute Gasteiger partial charge is 2.00 e. The molecule has 0 amide bonds. The minimum absolute atomic E-state index is 0. The second-order valence-corrected chi connectivity index (χ2v) is 3.14. The molecule has 0 aromatic heterocycles. The van der Waals surface area contributed by atoms with E-state index in [9.17, 15) is 13.2 Å². The third kappa shape index (κ3) is 6.00. The van der Waals surface area contributed by atoms with Crippen LogP contribution in [0.2, 0.25) is 0 Å². The summed E-state index contributed by atoms with van der Waals surface area (Å²) in [5, 5.41) is 0. The molecule has 86 valence electrons. The molecule has 0 aliphatic heterocycles. The SMILES string of the molecule is C[CH-]CCc1ccc(C(F)(F)F)cc1.[Br-].[Zn+2]. The Morgan fingerprint density at radius 3 is 2.00 bits per heavy atom. The molecule has 0 aliphatic rings. The van der Waals surface area contributed by atoms with Gasteiger partial charge in [0.1, 0.15) is 0 Å². The Balaban J connectivity index is 0. The average molecular weight is 347 g/mol. The normalized spacial score (nSPS) is 10.2. The molecule has 0 aliphatic carbocycles. The molecule has 1 aromatic carbocycles. The smallest absolute Gasteiger partial charge is 1.00 e. The van der Waals surface area contributed by atoms with Crippen LogP contribution in [-0.2, 0) is 32.1 Å². The molecule has 0 radical (unpaired) electrons. The van der Waals surface area contributed by atoms with Crippen LogP contribution < -0.4 is 17.0 Å². The van der Waals surface area contributed by atoms with Gasteiger partial charge in [-0.1, -0.05) is 24.1 Å². The summed E-state index contributed by atoms with van der Waals surface area (Å²) in [5.41, 5.74) is 0.359. The first-order valence-corrected chi connectivity index (χ1v) is 4.48. The van der Waals surface area contributed by atoms with E-state index in [0.29, 0.717) is 0 Å². The fraction of sp³-hybridized carbons (Fsp3) is 0.364. The molecule has 0 N–H and O–H groups in total. The molecule has 0 atom stereocenters. The fourth-order valence-corrected chi connectivity index (χ4v) is 1.17. The topological polar surface area (TPSA) is 0 Å². The number of hydrogen-bond acceptors (Lipinski definition) is 0. The molecule has 0 nitrogen and oxygen atoms in total. The molecular formula is C11H12BrF3Zn. The van der Waals surface area contributed by atoms with Gasteiger partial charge in [0.25, 0.3) is 0 Å². The summed E-state index contributed by atoms with van der Waals surface area (Å²) < 4.78 is 36.5. The molecule has 0 heterocycles. The monoisotopic (exact) mass is 344 g/mol. The van der Waals surface area contributed by atoms with Crippen LogP contribution in [0.4, 0.5) is 13.2 Å². The van der Waals surface area contributed by atoms with E-state index in [0.717, 1.165) is 30.5 Å². The average Bonchev–Trinajstić information content (AvgIpc) is 2.14. The molecule has 0 spiro atoms. The van der Waals surface area contributed by atoms with E-state index in [2.05, 4.69) is 0 Å². The van der Waals surface area contributed by atoms with Crippen molar-refractivity contribution in [2.24, 2.45) is 0 Å². The van der Waals surface area contributed by atoms with E-state index < -0.39 is 11.7 Å². The first-order chi connectivity index (χ1) is 6.54. The zero-order valence-corrected chi connectivity index (χ0v) is 13.6. The molecule has 0 unspecified atom stereocenters. The molecule has 0 saturated heterocycles. The number of unbranched alkanes of at least 4 members (excludes halogenated alkanes) is 1. The molecule has 0 saturated carbocycles. The van der Waals surface area contributed by atoms with Crippen LogP contribution in [0.1, 0.15) is 24.5 Å². The number of hydrogen-bond donors (Lipinski definition) is 0. The van der Waals surface area contributed by atoms with Gasteiger partial charge >= 0.3 is 25.7 Å². The van der Waals surface area contributed by atoms with Gasteiger partial charge in [-0.2, -0.15) is 26.5 Å². The molecule has 5 heteroatoms. The molecule has 0 bridgehead atoms. The standard InChI is InChI=1S/C11H12F3.BrH.Zn/c1-2-3-4-9-5-7-10(8-6-9)11(12,13)14;;/h2,5-8H,3-4H2,1H3;1H;/q-1;;+2/p-1. The van der Waals surface area contributed by atoms with Crippen molar-refractivity contribution in [1.29, 1.82) is 0 Å². The van der Waals surface area contributed by atoms with Crippen LogP contribution in [0, 0.1) is 6.42 Å². The van der Waals surface area contributed by atoms with Gasteiger partial charge in [0, 0.05) is 0 Å². The maximum atomic E-state index is 12.2. The molecule has 0 fully saturated rings. The van der Waals surface area contributed by atoms with Crippen molar-refractivity contribution in [2.75, 3.05) is 0 Å². The number of aryl methyl sites for hydroxylation is 1. The van der Waals surface area contributed by atoms with Gasteiger partial charge in [0.2, 0.25) is 0 Å². The Bertz CT molecular complexity index is 282. The molecule has 1 aromatic rings. The molecule has 1 rings (SSSR count). The van der Waals surface area contributed by atoms with Crippen LogP contribution in [0.5, 0.6) is 0 Å². The van der Waals surface area contributed by atoms with E-state index in [1.807, 2.05) is 13.3 Å². The number of benzene rings is 1. The van der Waals surface area contributed by atoms with Crippen molar-refractivity contribution < 1.29 is 49.6 Å². The van der Waals surface area contributed by atoms with Crippen LogP contribution in [0.3, 0.4) is 0 Å². The van der Waals surface area contributed by atoms with Crippen LogP contribution >= 0.6 is 0 Å². The zero-order chi connectivity index (χ0) is 10.6. The minimum Gasteiger partial charge on any atom is -1.00 e. The summed E-state index contributed by atoms with van der Waals surface area (Å²) >= 11 is 0. The number of rotatable bonds is 3.